The second-order valence-corrected chi connectivity index (χ2v) is 7.52. The van der Waals surface area contributed by atoms with E-state index in [4.69, 9.17) is 4.74 Å². The summed E-state index contributed by atoms with van der Waals surface area (Å²) < 4.78 is 4.99. The molecule has 5 nitrogen and oxygen atoms in total. The van der Waals surface area contributed by atoms with E-state index in [0.29, 0.717) is 12.0 Å². The van der Waals surface area contributed by atoms with Crippen molar-refractivity contribution in [2.75, 3.05) is 53.0 Å². The number of piperazine rings is 2. The maximum Gasteiger partial charge on any atom is 0.248 e. The second kappa shape index (κ2) is 6.63. The lowest BCUT2D eigenvalue weighted by Crippen LogP contribution is -2.70. The van der Waals surface area contributed by atoms with Gasteiger partial charge in [-0.25, -0.2) is 0 Å². The lowest BCUT2D eigenvalue weighted by molar-refractivity contribution is -0.142. The zero-order valence-corrected chi connectivity index (χ0v) is 14.3. The minimum atomic E-state index is 0.121. The van der Waals surface area contributed by atoms with Gasteiger partial charge in [0.05, 0.1) is 0 Å². The van der Waals surface area contributed by atoms with Crippen LogP contribution in [0.3, 0.4) is 0 Å². The predicted octanol–water partition coefficient (Wildman–Crippen LogP) is 0.896. The smallest absolute Gasteiger partial charge is 0.248 e. The Bertz CT molecular complexity index is 371. The Morgan fingerprint density at radius 1 is 1.29 bits per heavy atom. The molecule has 0 radical (unpaired) electrons. The highest BCUT2D eigenvalue weighted by atomic mass is 16.5. The summed E-state index contributed by atoms with van der Waals surface area (Å²) in [5.41, 5.74) is 0.189. The molecule has 2 fully saturated rings. The summed E-state index contributed by atoms with van der Waals surface area (Å²) in [7, 11) is 1.59. The first-order valence-electron chi connectivity index (χ1n) is 8.09. The quantitative estimate of drug-likeness (QED) is 0.772. The molecular weight excluding hydrogens is 266 g/mol. The first-order chi connectivity index (χ1) is 9.83. The number of rotatable bonds is 4. The van der Waals surface area contributed by atoms with Crippen molar-refractivity contribution >= 4 is 5.91 Å². The first kappa shape index (κ1) is 16.7. The van der Waals surface area contributed by atoms with Crippen molar-refractivity contribution in [2.45, 2.75) is 39.3 Å². The number of fused-ring (bicyclic) bond motifs is 1. The lowest BCUT2D eigenvalue weighted by atomic mass is 9.92. The molecule has 0 aromatic heterocycles. The monoisotopic (exact) mass is 297 g/mol. The number of nitrogens with zero attached hydrogens (tertiary/aromatic N) is 3. The van der Waals surface area contributed by atoms with Gasteiger partial charge in [0.15, 0.2) is 0 Å². The van der Waals surface area contributed by atoms with Gasteiger partial charge >= 0.3 is 0 Å². The molecular formula is C16H31N3O2. The molecule has 0 saturated carbocycles. The number of amides is 1. The molecule has 2 aliphatic rings. The number of carbonyl (C=O) groups excluding carboxylic acids is 1. The minimum absolute atomic E-state index is 0.121. The third-order valence-corrected chi connectivity index (χ3v) is 4.58. The Morgan fingerprint density at radius 3 is 2.62 bits per heavy atom. The lowest BCUT2D eigenvalue weighted by Gasteiger charge is -2.55. The number of ether oxygens (including phenoxy) is 1. The van der Waals surface area contributed by atoms with Crippen LogP contribution in [-0.4, -0.2) is 85.2 Å². The van der Waals surface area contributed by atoms with E-state index in [1.54, 1.807) is 7.11 Å². The van der Waals surface area contributed by atoms with Crippen molar-refractivity contribution in [3.63, 3.8) is 0 Å². The van der Waals surface area contributed by atoms with Crippen molar-refractivity contribution in [3.05, 3.63) is 0 Å². The van der Waals surface area contributed by atoms with Crippen LogP contribution in [0.5, 0.6) is 0 Å². The molecule has 0 aliphatic carbocycles. The van der Waals surface area contributed by atoms with Gasteiger partial charge in [0.25, 0.3) is 0 Å². The third kappa shape index (κ3) is 3.96. The van der Waals surface area contributed by atoms with Crippen molar-refractivity contribution in [2.24, 2.45) is 5.92 Å². The first-order valence-corrected chi connectivity index (χ1v) is 8.09. The van der Waals surface area contributed by atoms with Crippen LogP contribution in [-0.2, 0) is 9.53 Å². The average Bonchev–Trinajstić information content (AvgIpc) is 2.36. The summed E-state index contributed by atoms with van der Waals surface area (Å²) in [6.07, 6.45) is 0. The van der Waals surface area contributed by atoms with Gasteiger partial charge in [-0.15, -0.1) is 0 Å². The van der Waals surface area contributed by atoms with Crippen LogP contribution in [0, 0.1) is 5.92 Å². The summed E-state index contributed by atoms with van der Waals surface area (Å²) in [6, 6.07) is 0.446. The fourth-order valence-corrected chi connectivity index (χ4v) is 3.91. The maximum atomic E-state index is 12.1. The number of methoxy groups -OCH3 is 1. The Hall–Kier alpha value is -0.650. The van der Waals surface area contributed by atoms with Crippen LogP contribution in [0.2, 0.25) is 0 Å². The summed E-state index contributed by atoms with van der Waals surface area (Å²) in [5.74, 6) is 0.804. The molecule has 5 heteroatoms. The van der Waals surface area contributed by atoms with Crippen LogP contribution >= 0.6 is 0 Å². The van der Waals surface area contributed by atoms with Gasteiger partial charge in [-0.05, 0) is 19.8 Å². The van der Waals surface area contributed by atoms with Crippen molar-refractivity contribution in [1.29, 1.82) is 0 Å². The van der Waals surface area contributed by atoms with Gasteiger partial charge in [0.1, 0.15) is 6.61 Å². The van der Waals surface area contributed by atoms with E-state index < -0.39 is 0 Å². The Kier molecular flexibility index (Phi) is 5.28. The van der Waals surface area contributed by atoms with E-state index in [0.717, 1.165) is 39.3 Å². The molecule has 0 spiro atoms. The highest BCUT2D eigenvalue weighted by Gasteiger charge is 2.43. The second-order valence-electron chi connectivity index (χ2n) is 7.52. The highest BCUT2D eigenvalue weighted by Crippen LogP contribution is 2.28. The van der Waals surface area contributed by atoms with E-state index in [2.05, 4.69) is 37.5 Å². The Labute approximate surface area is 129 Å². The zero-order valence-electron chi connectivity index (χ0n) is 14.3. The van der Waals surface area contributed by atoms with Gasteiger partial charge in [-0.2, -0.15) is 0 Å². The molecule has 1 unspecified atom stereocenters. The summed E-state index contributed by atoms with van der Waals surface area (Å²) in [6.45, 7) is 15.4. The van der Waals surface area contributed by atoms with Gasteiger partial charge in [0.2, 0.25) is 5.91 Å². The van der Waals surface area contributed by atoms with Crippen molar-refractivity contribution < 1.29 is 9.53 Å². The van der Waals surface area contributed by atoms with Crippen molar-refractivity contribution in [1.82, 2.24) is 14.7 Å². The molecule has 0 N–H and O–H groups in total. The van der Waals surface area contributed by atoms with E-state index in [1.807, 2.05) is 4.90 Å². The molecule has 2 heterocycles. The van der Waals surface area contributed by atoms with E-state index in [1.165, 1.54) is 0 Å². The van der Waals surface area contributed by atoms with Gasteiger partial charge in [-0.3, -0.25) is 14.6 Å². The normalized spacial score (nSPS) is 27.0. The molecule has 2 aliphatic heterocycles. The minimum Gasteiger partial charge on any atom is -0.375 e. The molecule has 0 aromatic rings. The fourth-order valence-electron chi connectivity index (χ4n) is 3.91. The fraction of sp³-hybridized carbons (Fsp3) is 0.938. The summed E-state index contributed by atoms with van der Waals surface area (Å²) in [5, 5.41) is 0. The average molecular weight is 297 g/mol. The van der Waals surface area contributed by atoms with E-state index >= 15 is 0 Å². The van der Waals surface area contributed by atoms with Crippen molar-refractivity contribution in [3.8, 4) is 0 Å². The largest absolute Gasteiger partial charge is 0.375 e. The topological polar surface area (TPSA) is 36.0 Å². The molecule has 122 valence electrons. The van der Waals surface area contributed by atoms with E-state index in [9.17, 15) is 4.79 Å². The number of carbonyl (C=O) groups is 1. The van der Waals surface area contributed by atoms with Gasteiger partial charge in [-0.1, -0.05) is 13.8 Å². The number of hydrogen-bond donors (Lipinski definition) is 0. The van der Waals surface area contributed by atoms with Crippen LogP contribution in [0.1, 0.15) is 27.7 Å². The predicted molar refractivity (Wildman–Crippen MR) is 84.3 cm³/mol. The molecule has 1 amide bonds. The Morgan fingerprint density at radius 2 is 2.00 bits per heavy atom. The van der Waals surface area contributed by atoms with Crippen LogP contribution in [0.25, 0.3) is 0 Å². The van der Waals surface area contributed by atoms with Crippen LogP contribution in [0.15, 0.2) is 0 Å². The summed E-state index contributed by atoms with van der Waals surface area (Å²) >= 11 is 0. The zero-order chi connectivity index (χ0) is 15.6. The van der Waals surface area contributed by atoms with E-state index in [-0.39, 0.29) is 18.1 Å². The standard InChI is InChI=1S/C16H31N3O2/c1-13(2)8-17-9-14-10-18(15(20)11-21-5)6-7-19(14)16(3,4)12-17/h13-14H,6-12H2,1-5H3. The number of hydrogen-bond acceptors (Lipinski definition) is 4. The summed E-state index contributed by atoms with van der Waals surface area (Å²) in [4.78, 5) is 19.2. The maximum absolute atomic E-state index is 12.1. The third-order valence-electron chi connectivity index (χ3n) is 4.58. The highest BCUT2D eigenvalue weighted by molar-refractivity contribution is 5.77. The van der Waals surface area contributed by atoms with Crippen LogP contribution < -0.4 is 0 Å². The molecule has 1 atom stereocenters. The molecule has 0 aromatic carbocycles. The van der Waals surface area contributed by atoms with Gasteiger partial charge in [0, 0.05) is 58.0 Å². The Balaban J connectivity index is 2.03. The molecule has 2 rings (SSSR count). The van der Waals surface area contributed by atoms with Gasteiger partial charge < -0.3 is 9.64 Å². The molecule has 0 bridgehead atoms. The SMILES string of the molecule is COCC(=O)N1CCN2C(CN(CC(C)C)CC2(C)C)C1. The molecule has 2 saturated heterocycles. The molecule has 21 heavy (non-hydrogen) atoms. The van der Waals surface area contributed by atoms with Crippen LogP contribution in [0.4, 0.5) is 0 Å².